The molecule has 1 aliphatic rings. The second-order valence-corrected chi connectivity index (χ2v) is 9.00. The van der Waals surface area contributed by atoms with Gasteiger partial charge in [0.2, 0.25) is 11.8 Å². The van der Waals surface area contributed by atoms with E-state index in [4.69, 9.17) is 4.42 Å². The van der Waals surface area contributed by atoms with Crippen molar-refractivity contribution in [1.82, 2.24) is 20.5 Å². The molecule has 1 amide bonds. The van der Waals surface area contributed by atoms with E-state index in [0.29, 0.717) is 17.9 Å². The van der Waals surface area contributed by atoms with Crippen LogP contribution in [0.5, 0.6) is 0 Å². The van der Waals surface area contributed by atoms with Crippen LogP contribution in [0.25, 0.3) is 11.5 Å². The zero-order valence-electron chi connectivity index (χ0n) is 12.9. The Morgan fingerprint density at radius 3 is 2.96 bits per heavy atom. The highest BCUT2D eigenvalue weighted by Crippen LogP contribution is 2.26. The molecule has 0 saturated carbocycles. The van der Waals surface area contributed by atoms with E-state index in [9.17, 15) is 13.2 Å². The molecule has 1 N–H and O–H groups in total. The van der Waals surface area contributed by atoms with Crippen LogP contribution in [-0.2, 0) is 14.6 Å². The van der Waals surface area contributed by atoms with Crippen molar-refractivity contribution in [1.29, 1.82) is 0 Å². The Morgan fingerprint density at radius 1 is 1.46 bits per heavy atom. The number of rotatable bonds is 5. The molecule has 1 aliphatic heterocycles. The number of pyridine rings is 1. The van der Waals surface area contributed by atoms with Gasteiger partial charge < -0.3 is 9.73 Å². The zero-order chi connectivity index (χ0) is 17.2. The van der Waals surface area contributed by atoms with Crippen LogP contribution in [-0.4, -0.2) is 52.3 Å². The highest BCUT2D eigenvalue weighted by atomic mass is 32.2. The monoisotopic (exact) mass is 368 g/mol. The molecule has 1 saturated heterocycles. The van der Waals surface area contributed by atoms with Crippen LogP contribution in [0.15, 0.2) is 34.2 Å². The number of hydrogen-bond donors (Lipinski definition) is 1. The summed E-state index contributed by atoms with van der Waals surface area (Å²) in [6.07, 6.45) is 3.71. The van der Waals surface area contributed by atoms with Crippen LogP contribution in [0.3, 0.4) is 0 Å². The maximum absolute atomic E-state index is 12.2. The Balaban J connectivity index is 1.58. The maximum Gasteiger partial charge on any atom is 0.277 e. The Morgan fingerprint density at radius 2 is 2.29 bits per heavy atom. The summed E-state index contributed by atoms with van der Waals surface area (Å²) in [5, 5.41) is 10.4. The molecule has 8 nitrogen and oxygen atoms in total. The quantitative estimate of drug-likeness (QED) is 0.775. The predicted octanol–water partition coefficient (Wildman–Crippen LogP) is 0.915. The van der Waals surface area contributed by atoms with E-state index >= 15 is 0 Å². The van der Waals surface area contributed by atoms with Crippen LogP contribution >= 0.6 is 11.8 Å². The van der Waals surface area contributed by atoms with Crippen LogP contribution in [0.4, 0.5) is 0 Å². The van der Waals surface area contributed by atoms with Gasteiger partial charge in [0.25, 0.3) is 5.22 Å². The first-order valence-corrected chi connectivity index (χ1v) is 10.0. The average molecular weight is 368 g/mol. The number of nitrogens with one attached hydrogen (secondary N) is 1. The minimum Gasteiger partial charge on any atom is -0.411 e. The second-order valence-electron chi connectivity index (χ2n) is 5.48. The SMILES string of the molecule is C[C@H](Sc1nnc(-c2cccnc2)o1)C(=O)N[C@@H]1CCS(=O)(=O)C1. The van der Waals surface area contributed by atoms with Gasteiger partial charge in [-0.3, -0.25) is 9.78 Å². The minimum atomic E-state index is -3.02. The van der Waals surface area contributed by atoms with Crippen LogP contribution in [0.2, 0.25) is 0 Å². The van der Waals surface area contributed by atoms with Gasteiger partial charge in [-0.05, 0) is 25.5 Å². The largest absolute Gasteiger partial charge is 0.411 e. The van der Waals surface area contributed by atoms with Crippen molar-refractivity contribution in [2.45, 2.75) is 29.9 Å². The lowest BCUT2D eigenvalue weighted by atomic mass is 10.2. The third kappa shape index (κ3) is 4.12. The van der Waals surface area contributed by atoms with E-state index < -0.39 is 15.1 Å². The average Bonchev–Trinajstić information content (AvgIpc) is 3.14. The molecule has 0 aromatic carbocycles. The number of aromatic nitrogens is 3. The predicted molar refractivity (Wildman–Crippen MR) is 88.0 cm³/mol. The molecule has 0 radical (unpaired) electrons. The summed E-state index contributed by atoms with van der Waals surface area (Å²) in [5.41, 5.74) is 0.699. The third-order valence-electron chi connectivity index (χ3n) is 3.54. The molecule has 24 heavy (non-hydrogen) atoms. The van der Waals surface area contributed by atoms with Crippen LogP contribution in [0, 0.1) is 0 Å². The van der Waals surface area contributed by atoms with Gasteiger partial charge in [0.15, 0.2) is 9.84 Å². The van der Waals surface area contributed by atoms with Crippen molar-refractivity contribution in [3.05, 3.63) is 24.5 Å². The fourth-order valence-electron chi connectivity index (χ4n) is 2.30. The first-order valence-electron chi connectivity index (χ1n) is 7.34. The maximum atomic E-state index is 12.2. The van der Waals surface area contributed by atoms with Gasteiger partial charge in [-0.2, -0.15) is 0 Å². The molecule has 1 fully saturated rings. The number of thioether (sulfide) groups is 1. The van der Waals surface area contributed by atoms with E-state index in [1.807, 2.05) is 0 Å². The highest BCUT2D eigenvalue weighted by Gasteiger charge is 2.30. The number of carbonyl (C=O) groups excluding carboxylic acids is 1. The summed E-state index contributed by atoms with van der Waals surface area (Å²) in [4.78, 5) is 16.1. The fourth-order valence-corrected chi connectivity index (χ4v) is 4.66. The lowest BCUT2D eigenvalue weighted by Crippen LogP contribution is -2.39. The normalized spacial score (nSPS) is 20.6. The van der Waals surface area contributed by atoms with E-state index in [2.05, 4.69) is 20.5 Å². The molecular weight excluding hydrogens is 352 g/mol. The topological polar surface area (TPSA) is 115 Å². The first kappa shape index (κ1) is 16.9. The Kier molecular flexibility index (Phi) is 4.86. The molecule has 3 heterocycles. The Hall–Kier alpha value is -1.94. The smallest absolute Gasteiger partial charge is 0.277 e. The molecular formula is C14H16N4O4S2. The van der Waals surface area contributed by atoms with E-state index in [0.717, 1.165) is 11.8 Å². The second kappa shape index (κ2) is 6.89. The van der Waals surface area contributed by atoms with Gasteiger partial charge in [-0.25, -0.2) is 8.42 Å². The third-order valence-corrected chi connectivity index (χ3v) is 6.24. The summed E-state index contributed by atoms with van der Waals surface area (Å²) in [7, 11) is -3.02. The zero-order valence-corrected chi connectivity index (χ0v) is 14.5. The number of amides is 1. The lowest BCUT2D eigenvalue weighted by Gasteiger charge is -2.14. The van der Waals surface area contributed by atoms with Crippen molar-refractivity contribution in [3.63, 3.8) is 0 Å². The Labute approximate surface area is 143 Å². The molecule has 2 aromatic heterocycles. The van der Waals surface area contributed by atoms with Gasteiger partial charge in [0, 0.05) is 18.4 Å². The van der Waals surface area contributed by atoms with Crippen LogP contribution < -0.4 is 5.32 Å². The molecule has 2 atom stereocenters. The van der Waals surface area contributed by atoms with E-state index in [1.54, 1.807) is 31.5 Å². The van der Waals surface area contributed by atoms with Gasteiger partial charge in [0.1, 0.15) is 0 Å². The van der Waals surface area contributed by atoms with Crippen molar-refractivity contribution in [2.75, 3.05) is 11.5 Å². The van der Waals surface area contributed by atoms with Crippen molar-refractivity contribution in [3.8, 4) is 11.5 Å². The standard InChI is InChI=1S/C14H16N4O4S2/c1-9(12(19)16-11-4-6-24(20,21)8-11)23-14-18-17-13(22-14)10-3-2-5-15-7-10/h2-3,5,7,9,11H,4,6,8H2,1H3,(H,16,19)/t9-,11+/m0/s1. The molecule has 2 aromatic rings. The molecule has 0 unspecified atom stereocenters. The van der Waals surface area contributed by atoms with Crippen molar-refractivity contribution >= 4 is 27.5 Å². The molecule has 128 valence electrons. The number of nitrogens with zero attached hydrogens (tertiary/aromatic N) is 3. The molecule has 3 rings (SSSR count). The number of sulfone groups is 1. The van der Waals surface area contributed by atoms with E-state index in [1.165, 1.54) is 0 Å². The summed E-state index contributed by atoms with van der Waals surface area (Å²) in [5.74, 6) is 0.211. The minimum absolute atomic E-state index is 0.00182. The molecule has 0 aliphatic carbocycles. The fraction of sp³-hybridized carbons (Fsp3) is 0.429. The summed E-state index contributed by atoms with van der Waals surface area (Å²) in [6, 6.07) is 3.24. The van der Waals surface area contributed by atoms with Gasteiger partial charge in [-0.15, -0.1) is 10.2 Å². The van der Waals surface area contributed by atoms with Gasteiger partial charge >= 0.3 is 0 Å². The molecule has 10 heteroatoms. The molecule has 0 spiro atoms. The molecule has 0 bridgehead atoms. The van der Waals surface area contributed by atoms with Gasteiger partial charge in [-0.1, -0.05) is 11.8 Å². The number of carbonyl (C=O) groups is 1. The van der Waals surface area contributed by atoms with Crippen molar-refractivity contribution in [2.24, 2.45) is 0 Å². The van der Waals surface area contributed by atoms with E-state index in [-0.39, 0.29) is 28.7 Å². The summed E-state index contributed by atoms with van der Waals surface area (Å²) in [6.45, 7) is 1.71. The van der Waals surface area contributed by atoms with Crippen molar-refractivity contribution < 1.29 is 17.6 Å². The van der Waals surface area contributed by atoms with Gasteiger partial charge in [0.05, 0.1) is 22.3 Å². The number of hydrogen-bond acceptors (Lipinski definition) is 8. The lowest BCUT2D eigenvalue weighted by molar-refractivity contribution is -0.120. The summed E-state index contributed by atoms with van der Waals surface area (Å²) >= 11 is 1.13. The first-order chi connectivity index (χ1) is 11.4. The van der Waals surface area contributed by atoms with Crippen LogP contribution in [0.1, 0.15) is 13.3 Å². The Bertz CT molecular complexity index is 822. The highest BCUT2D eigenvalue weighted by molar-refractivity contribution is 8.00. The summed E-state index contributed by atoms with van der Waals surface area (Å²) < 4.78 is 28.4.